The van der Waals surface area contributed by atoms with Crippen molar-refractivity contribution in [2.24, 2.45) is 5.92 Å². The van der Waals surface area contributed by atoms with Gasteiger partial charge in [0, 0.05) is 11.3 Å². The SMILES string of the molecule is C=S(O)C1=C(C(=O)OC)N2C(=O)[C@@H](C(C)O)[C@H]2C1. The lowest BCUT2D eigenvalue weighted by Crippen LogP contribution is -2.61. The molecule has 0 saturated carbocycles. The highest BCUT2D eigenvalue weighted by Crippen LogP contribution is 2.47. The van der Waals surface area contributed by atoms with Crippen LogP contribution in [0.15, 0.2) is 10.6 Å². The first-order chi connectivity index (χ1) is 8.40. The Kier molecular flexibility index (Phi) is 3.31. The molecule has 0 aromatic carbocycles. The van der Waals surface area contributed by atoms with Crippen LogP contribution in [0, 0.1) is 5.92 Å². The largest absolute Gasteiger partial charge is 0.464 e. The van der Waals surface area contributed by atoms with Gasteiger partial charge in [0.1, 0.15) is 5.70 Å². The van der Waals surface area contributed by atoms with E-state index in [9.17, 15) is 19.2 Å². The van der Waals surface area contributed by atoms with E-state index in [0.717, 1.165) is 0 Å². The van der Waals surface area contributed by atoms with E-state index < -0.39 is 28.8 Å². The highest BCUT2D eigenvalue weighted by atomic mass is 32.2. The molecule has 1 saturated heterocycles. The highest BCUT2D eigenvalue weighted by molar-refractivity contribution is 8.12. The van der Waals surface area contributed by atoms with E-state index in [4.69, 9.17) is 0 Å². The smallest absolute Gasteiger partial charge is 0.355 e. The molecule has 2 unspecified atom stereocenters. The number of carbonyl (C=O) groups is 2. The van der Waals surface area contributed by atoms with E-state index in [2.05, 4.69) is 10.6 Å². The molecule has 7 heteroatoms. The second kappa shape index (κ2) is 4.49. The summed E-state index contributed by atoms with van der Waals surface area (Å²) in [6.07, 6.45) is -0.420. The van der Waals surface area contributed by atoms with Crippen molar-refractivity contribution < 1.29 is 24.0 Å². The fourth-order valence-corrected chi connectivity index (χ4v) is 3.29. The summed E-state index contributed by atoms with van der Waals surface area (Å²) in [6, 6.07) is -0.273. The molecule has 4 atom stereocenters. The average molecular weight is 273 g/mol. The highest BCUT2D eigenvalue weighted by Gasteiger charge is 2.57. The number of carbonyl (C=O) groups excluding carboxylic acids is 2. The number of nitrogens with zero attached hydrogens (tertiary/aromatic N) is 1. The Morgan fingerprint density at radius 2 is 2.28 bits per heavy atom. The fourth-order valence-electron chi connectivity index (χ4n) is 2.53. The lowest BCUT2D eigenvalue weighted by molar-refractivity contribution is -0.161. The van der Waals surface area contributed by atoms with E-state index >= 15 is 0 Å². The number of β-lactam (4-membered cyclic amide) rings is 1. The third kappa shape index (κ3) is 1.70. The predicted molar refractivity (Wildman–Crippen MR) is 66.8 cm³/mol. The van der Waals surface area contributed by atoms with Gasteiger partial charge < -0.3 is 19.3 Å². The molecule has 18 heavy (non-hydrogen) atoms. The minimum Gasteiger partial charge on any atom is -0.464 e. The summed E-state index contributed by atoms with van der Waals surface area (Å²) < 4.78 is 14.2. The Morgan fingerprint density at radius 3 is 2.72 bits per heavy atom. The Hall–Kier alpha value is -1.18. The zero-order chi connectivity index (χ0) is 13.6. The average Bonchev–Trinajstić information content (AvgIpc) is 2.62. The second-order valence-corrected chi connectivity index (χ2v) is 5.60. The lowest BCUT2D eigenvalue weighted by Gasteiger charge is -2.44. The van der Waals surface area contributed by atoms with Crippen LogP contribution in [-0.2, 0) is 14.3 Å². The van der Waals surface area contributed by atoms with Gasteiger partial charge in [-0.25, -0.2) is 4.79 Å². The zero-order valence-corrected chi connectivity index (χ0v) is 10.9. The third-order valence-electron chi connectivity index (χ3n) is 3.35. The number of hydrogen-bond acceptors (Lipinski definition) is 5. The number of methoxy groups -OCH3 is 1. The molecule has 0 spiro atoms. The van der Waals surface area contributed by atoms with Crippen LogP contribution in [0.25, 0.3) is 0 Å². The maximum Gasteiger partial charge on any atom is 0.355 e. The number of amides is 1. The minimum atomic E-state index is -1.33. The molecule has 0 bridgehead atoms. The van der Waals surface area contributed by atoms with Crippen LogP contribution in [0.3, 0.4) is 0 Å². The number of fused-ring (bicyclic) bond motifs is 1. The molecular weight excluding hydrogens is 258 g/mol. The fraction of sp³-hybridized carbons (Fsp3) is 0.545. The molecule has 0 radical (unpaired) electrons. The van der Waals surface area contributed by atoms with Crippen LogP contribution < -0.4 is 0 Å². The molecule has 2 aliphatic heterocycles. The van der Waals surface area contributed by atoms with Gasteiger partial charge in [0.2, 0.25) is 5.91 Å². The summed E-state index contributed by atoms with van der Waals surface area (Å²) in [4.78, 5) is 25.3. The van der Waals surface area contributed by atoms with E-state index in [0.29, 0.717) is 11.3 Å². The maximum atomic E-state index is 11.9. The van der Waals surface area contributed by atoms with Gasteiger partial charge in [-0.2, -0.15) is 0 Å². The topological polar surface area (TPSA) is 87.1 Å². The maximum absolute atomic E-state index is 11.9. The van der Waals surface area contributed by atoms with Crippen molar-refractivity contribution in [3.63, 3.8) is 0 Å². The molecule has 2 heterocycles. The molecule has 1 amide bonds. The van der Waals surface area contributed by atoms with E-state index in [1.54, 1.807) is 6.92 Å². The minimum absolute atomic E-state index is 0.0882. The Bertz CT molecular complexity index is 470. The Morgan fingerprint density at radius 1 is 1.67 bits per heavy atom. The lowest BCUT2D eigenvalue weighted by atomic mass is 9.83. The predicted octanol–water partition coefficient (Wildman–Crippen LogP) is 0.156. The summed E-state index contributed by atoms with van der Waals surface area (Å²) in [5.74, 6) is 2.01. The Labute approximate surface area is 107 Å². The molecule has 2 aliphatic rings. The van der Waals surface area contributed by atoms with Crippen LogP contribution >= 0.6 is 10.8 Å². The molecule has 1 fully saturated rings. The number of aliphatic hydroxyl groups excluding tert-OH is 1. The van der Waals surface area contributed by atoms with Crippen molar-refractivity contribution in [2.45, 2.75) is 25.5 Å². The second-order valence-electron chi connectivity index (χ2n) is 4.37. The number of esters is 1. The molecule has 0 aliphatic carbocycles. The van der Waals surface area contributed by atoms with E-state index in [1.165, 1.54) is 12.0 Å². The van der Waals surface area contributed by atoms with Gasteiger partial charge in [-0.05, 0) is 23.6 Å². The summed E-state index contributed by atoms with van der Waals surface area (Å²) in [6.45, 7) is 1.54. The molecular formula is C11H15NO5S. The number of ether oxygens (including phenoxy) is 1. The standard InChI is InChI=1S/C11H15NO5S/c1-5(13)8-6-4-7(18(3)16)9(11(15)17-2)12(6)10(8)14/h5-6,8,13,16H,3-4H2,1-2H3/t5?,6-,8+,18?/m1/s1. The van der Waals surface area contributed by atoms with Gasteiger partial charge in [0.15, 0.2) is 0 Å². The number of hydrogen-bond donors (Lipinski definition) is 2. The number of rotatable bonds is 3. The van der Waals surface area contributed by atoms with Gasteiger partial charge in [0.05, 0.1) is 25.2 Å². The first kappa shape index (κ1) is 13.3. The van der Waals surface area contributed by atoms with Crippen LogP contribution in [-0.4, -0.2) is 51.6 Å². The Balaban J connectivity index is 2.36. The quantitative estimate of drug-likeness (QED) is 0.434. The van der Waals surface area contributed by atoms with Gasteiger partial charge in [-0.15, -0.1) is 0 Å². The van der Waals surface area contributed by atoms with Gasteiger partial charge >= 0.3 is 5.97 Å². The van der Waals surface area contributed by atoms with Crippen LogP contribution in [0.2, 0.25) is 0 Å². The summed E-state index contributed by atoms with van der Waals surface area (Å²) in [5.41, 5.74) is 0.0882. The van der Waals surface area contributed by atoms with Crippen molar-refractivity contribution in [1.29, 1.82) is 0 Å². The van der Waals surface area contributed by atoms with Crippen LogP contribution in [0.5, 0.6) is 0 Å². The van der Waals surface area contributed by atoms with Crippen LogP contribution in [0.1, 0.15) is 13.3 Å². The molecule has 6 nitrogen and oxygen atoms in total. The molecule has 100 valence electrons. The van der Waals surface area contributed by atoms with E-state index in [-0.39, 0.29) is 17.6 Å². The van der Waals surface area contributed by atoms with Gasteiger partial charge in [-0.1, -0.05) is 0 Å². The van der Waals surface area contributed by atoms with Gasteiger partial charge in [-0.3, -0.25) is 4.79 Å². The number of aliphatic hydroxyl groups is 1. The van der Waals surface area contributed by atoms with E-state index in [1.807, 2.05) is 0 Å². The summed E-state index contributed by atoms with van der Waals surface area (Å²) >= 11 is 0. The van der Waals surface area contributed by atoms with Crippen LogP contribution in [0.4, 0.5) is 0 Å². The molecule has 2 rings (SSSR count). The molecule has 0 aromatic heterocycles. The van der Waals surface area contributed by atoms with Crippen molar-refractivity contribution in [1.82, 2.24) is 4.90 Å². The molecule has 2 N–H and O–H groups in total. The first-order valence-electron chi connectivity index (χ1n) is 5.45. The van der Waals surface area contributed by atoms with Crippen molar-refractivity contribution in [3.05, 3.63) is 10.6 Å². The van der Waals surface area contributed by atoms with Crippen molar-refractivity contribution in [3.8, 4) is 0 Å². The first-order valence-corrected chi connectivity index (χ1v) is 6.80. The zero-order valence-electron chi connectivity index (χ0n) is 10.1. The van der Waals surface area contributed by atoms with Gasteiger partial charge in [0.25, 0.3) is 0 Å². The summed E-state index contributed by atoms with van der Waals surface area (Å²) in [5, 5.41) is 9.54. The third-order valence-corrected chi connectivity index (χ3v) is 4.28. The molecule has 0 aromatic rings. The van der Waals surface area contributed by atoms with Crippen molar-refractivity contribution >= 4 is 28.5 Å². The van der Waals surface area contributed by atoms with Crippen molar-refractivity contribution in [2.75, 3.05) is 7.11 Å². The monoisotopic (exact) mass is 273 g/mol. The normalized spacial score (nSPS) is 29.8. The summed E-state index contributed by atoms with van der Waals surface area (Å²) in [7, 11) is -0.117.